The van der Waals surface area contributed by atoms with E-state index < -0.39 is 0 Å². The van der Waals surface area contributed by atoms with E-state index in [1.807, 2.05) is 25.1 Å². The molecule has 0 saturated carbocycles. The summed E-state index contributed by atoms with van der Waals surface area (Å²) in [6, 6.07) is 9.79. The maximum atomic E-state index is 6.25. The van der Waals surface area contributed by atoms with Gasteiger partial charge in [0.1, 0.15) is 0 Å². The number of aryl methyl sites for hydroxylation is 2. The van der Waals surface area contributed by atoms with Crippen LogP contribution in [-0.4, -0.2) is 19.9 Å². The lowest BCUT2D eigenvalue weighted by molar-refractivity contribution is 0.311. The zero-order valence-electron chi connectivity index (χ0n) is 13.3. The first kappa shape index (κ1) is 16.4. The number of methoxy groups -OCH3 is 1. The SMILES string of the molecule is CCOc1c(Cl)cc(C=Nc2ccc(C)c(C)c2)cc1OC. The molecule has 0 amide bonds. The molecule has 4 heteroatoms. The average Bonchev–Trinajstić information content (AvgIpc) is 2.50. The number of aliphatic imine (C=N–C) groups is 1. The highest BCUT2D eigenvalue weighted by atomic mass is 35.5. The minimum Gasteiger partial charge on any atom is -0.493 e. The van der Waals surface area contributed by atoms with Crippen molar-refractivity contribution in [3.05, 3.63) is 52.0 Å². The van der Waals surface area contributed by atoms with E-state index in [-0.39, 0.29) is 0 Å². The van der Waals surface area contributed by atoms with Crippen LogP contribution >= 0.6 is 11.6 Å². The number of ether oxygens (including phenoxy) is 2. The Labute approximate surface area is 136 Å². The quantitative estimate of drug-likeness (QED) is 0.717. The van der Waals surface area contributed by atoms with Crippen molar-refractivity contribution in [1.29, 1.82) is 0 Å². The van der Waals surface area contributed by atoms with Gasteiger partial charge in [0.05, 0.1) is 24.4 Å². The van der Waals surface area contributed by atoms with E-state index in [2.05, 4.69) is 31.0 Å². The van der Waals surface area contributed by atoms with Crippen LogP contribution < -0.4 is 9.47 Å². The first-order valence-corrected chi connectivity index (χ1v) is 7.54. The lowest BCUT2D eigenvalue weighted by Crippen LogP contribution is -1.97. The van der Waals surface area contributed by atoms with Crippen LogP contribution in [0.1, 0.15) is 23.6 Å². The molecule has 116 valence electrons. The maximum Gasteiger partial charge on any atom is 0.179 e. The lowest BCUT2D eigenvalue weighted by atomic mass is 10.1. The Bertz CT molecular complexity index is 696. The Morgan fingerprint density at radius 2 is 1.91 bits per heavy atom. The average molecular weight is 318 g/mol. The number of hydrogen-bond acceptors (Lipinski definition) is 3. The molecule has 0 bridgehead atoms. The van der Waals surface area contributed by atoms with Gasteiger partial charge in [0, 0.05) is 6.21 Å². The predicted octanol–water partition coefficient (Wildman–Crippen LogP) is 5.11. The third-order valence-electron chi connectivity index (χ3n) is 3.39. The number of nitrogens with zero attached hydrogens (tertiary/aromatic N) is 1. The molecule has 0 atom stereocenters. The van der Waals surface area contributed by atoms with Crippen molar-refractivity contribution in [2.75, 3.05) is 13.7 Å². The zero-order chi connectivity index (χ0) is 16.1. The van der Waals surface area contributed by atoms with Crippen LogP contribution in [0, 0.1) is 13.8 Å². The summed E-state index contributed by atoms with van der Waals surface area (Å²) in [6.07, 6.45) is 1.77. The van der Waals surface area contributed by atoms with Crippen molar-refractivity contribution in [2.45, 2.75) is 20.8 Å². The summed E-state index contributed by atoms with van der Waals surface area (Å²) in [5.74, 6) is 1.17. The Balaban J connectivity index is 2.30. The van der Waals surface area contributed by atoms with Crippen LogP contribution in [0.3, 0.4) is 0 Å². The highest BCUT2D eigenvalue weighted by molar-refractivity contribution is 6.32. The molecule has 0 radical (unpaired) electrons. The fourth-order valence-corrected chi connectivity index (χ4v) is 2.33. The summed E-state index contributed by atoms with van der Waals surface area (Å²) in [7, 11) is 1.60. The fourth-order valence-electron chi connectivity index (χ4n) is 2.05. The van der Waals surface area contributed by atoms with Gasteiger partial charge in [0.25, 0.3) is 0 Å². The summed E-state index contributed by atoms with van der Waals surface area (Å²) in [4.78, 5) is 4.49. The molecule has 0 aliphatic heterocycles. The van der Waals surface area contributed by atoms with Gasteiger partial charge in [0.15, 0.2) is 11.5 Å². The summed E-state index contributed by atoms with van der Waals surface area (Å²) in [5.41, 5.74) is 4.25. The standard InChI is InChI=1S/C18H20ClNO2/c1-5-22-18-16(19)9-14(10-17(18)21-4)11-20-15-7-6-12(2)13(3)8-15/h6-11H,5H2,1-4H3. The minimum atomic E-state index is 0.516. The highest BCUT2D eigenvalue weighted by Gasteiger charge is 2.10. The van der Waals surface area contributed by atoms with Crippen LogP contribution in [0.2, 0.25) is 5.02 Å². The van der Waals surface area contributed by atoms with E-state index in [0.717, 1.165) is 11.3 Å². The van der Waals surface area contributed by atoms with Gasteiger partial charge in [-0.25, -0.2) is 0 Å². The second kappa shape index (κ2) is 7.32. The van der Waals surface area contributed by atoms with E-state index >= 15 is 0 Å². The van der Waals surface area contributed by atoms with E-state index in [1.165, 1.54) is 11.1 Å². The smallest absolute Gasteiger partial charge is 0.179 e. The number of benzene rings is 2. The van der Waals surface area contributed by atoms with Gasteiger partial charge in [-0.15, -0.1) is 0 Å². The van der Waals surface area contributed by atoms with Crippen LogP contribution in [0.15, 0.2) is 35.3 Å². The Hall–Kier alpha value is -2.00. The normalized spacial score (nSPS) is 11.0. The second-order valence-electron chi connectivity index (χ2n) is 4.99. The van der Waals surface area contributed by atoms with Gasteiger partial charge in [-0.3, -0.25) is 4.99 Å². The molecule has 2 aromatic carbocycles. The summed E-state index contributed by atoms with van der Waals surface area (Å²) in [5, 5.41) is 0.516. The Morgan fingerprint density at radius 3 is 2.55 bits per heavy atom. The van der Waals surface area contributed by atoms with Gasteiger partial charge >= 0.3 is 0 Å². The van der Waals surface area contributed by atoms with Crippen LogP contribution in [-0.2, 0) is 0 Å². The van der Waals surface area contributed by atoms with Crippen LogP contribution in [0.4, 0.5) is 5.69 Å². The van der Waals surface area contributed by atoms with E-state index in [0.29, 0.717) is 23.1 Å². The Kier molecular flexibility index (Phi) is 5.45. The maximum absolute atomic E-state index is 6.25. The lowest BCUT2D eigenvalue weighted by Gasteiger charge is -2.11. The molecule has 0 unspecified atom stereocenters. The van der Waals surface area contributed by atoms with Crippen molar-refractivity contribution in [2.24, 2.45) is 4.99 Å². The molecular weight excluding hydrogens is 298 g/mol. The van der Waals surface area contributed by atoms with Crippen molar-refractivity contribution in [3.8, 4) is 11.5 Å². The fraction of sp³-hybridized carbons (Fsp3) is 0.278. The van der Waals surface area contributed by atoms with E-state index in [9.17, 15) is 0 Å². The first-order valence-electron chi connectivity index (χ1n) is 7.16. The van der Waals surface area contributed by atoms with Gasteiger partial charge < -0.3 is 9.47 Å². The molecular formula is C18H20ClNO2. The van der Waals surface area contributed by atoms with Gasteiger partial charge in [-0.05, 0) is 61.7 Å². The third-order valence-corrected chi connectivity index (χ3v) is 3.67. The molecule has 0 aromatic heterocycles. The van der Waals surface area contributed by atoms with Crippen molar-refractivity contribution < 1.29 is 9.47 Å². The van der Waals surface area contributed by atoms with Crippen LogP contribution in [0.25, 0.3) is 0 Å². The monoisotopic (exact) mass is 317 g/mol. The van der Waals surface area contributed by atoms with Gasteiger partial charge in [-0.1, -0.05) is 17.7 Å². The van der Waals surface area contributed by atoms with Crippen molar-refractivity contribution in [1.82, 2.24) is 0 Å². The molecule has 0 aliphatic carbocycles. The highest BCUT2D eigenvalue weighted by Crippen LogP contribution is 2.36. The molecule has 22 heavy (non-hydrogen) atoms. The molecule has 0 aliphatic rings. The number of rotatable bonds is 5. The summed E-state index contributed by atoms with van der Waals surface area (Å²) in [6.45, 7) is 6.60. The van der Waals surface area contributed by atoms with Gasteiger partial charge in [0.2, 0.25) is 0 Å². The predicted molar refractivity (Wildman–Crippen MR) is 92.3 cm³/mol. The van der Waals surface area contributed by atoms with E-state index in [1.54, 1.807) is 13.3 Å². The van der Waals surface area contributed by atoms with E-state index in [4.69, 9.17) is 21.1 Å². The molecule has 0 heterocycles. The van der Waals surface area contributed by atoms with Crippen molar-refractivity contribution >= 4 is 23.5 Å². The molecule has 3 nitrogen and oxygen atoms in total. The minimum absolute atomic E-state index is 0.516. The van der Waals surface area contributed by atoms with Gasteiger partial charge in [-0.2, -0.15) is 0 Å². The molecule has 0 N–H and O–H groups in total. The second-order valence-corrected chi connectivity index (χ2v) is 5.40. The zero-order valence-corrected chi connectivity index (χ0v) is 14.1. The topological polar surface area (TPSA) is 30.8 Å². The third kappa shape index (κ3) is 3.80. The summed E-state index contributed by atoms with van der Waals surface area (Å²) < 4.78 is 10.8. The number of halogens is 1. The molecule has 2 rings (SSSR count). The Morgan fingerprint density at radius 1 is 1.14 bits per heavy atom. The first-order chi connectivity index (χ1) is 10.5. The molecule has 0 saturated heterocycles. The molecule has 0 fully saturated rings. The van der Waals surface area contributed by atoms with Crippen molar-refractivity contribution in [3.63, 3.8) is 0 Å². The molecule has 2 aromatic rings. The largest absolute Gasteiger partial charge is 0.493 e. The number of hydrogen-bond donors (Lipinski definition) is 0. The summed E-state index contributed by atoms with van der Waals surface area (Å²) >= 11 is 6.25. The van der Waals surface area contributed by atoms with Crippen LogP contribution in [0.5, 0.6) is 11.5 Å². The molecule has 0 spiro atoms.